The molecule has 0 fully saturated rings. The summed E-state index contributed by atoms with van der Waals surface area (Å²) in [5.74, 6) is -0.428. The summed E-state index contributed by atoms with van der Waals surface area (Å²) in [6.07, 6.45) is 0. The molecule has 0 saturated heterocycles. The molecule has 0 unspecified atom stereocenters. The summed E-state index contributed by atoms with van der Waals surface area (Å²) in [5, 5.41) is 0.151. The van der Waals surface area contributed by atoms with Crippen molar-refractivity contribution in [3.05, 3.63) is 83.1 Å². The largest absolute Gasteiger partial charge is 0.439 e. The molecule has 0 atom stereocenters. The number of hydrogen-bond acceptors (Lipinski definition) is 4. The molecule has 5 nitrogen and oxygen atoms in total. The number of halogens is 1. The number of sulfone groups is 1. The summed E-state index contributed by atoms with van der Waals surface area (Å²) in [4.78, 5) is 14.0. The van der Waals surface area contributed by atoms with E-state index in [0.29, 0.717) is 11.6 Å². The van der Waals surface area contributed by atoms with E-state index in [1.807, 2.05) is 30.3 Å². The van der Waals surface area contributed by atoms with E-state index in [-0.39, 0.29) is 15.7 Å². The topological polar surface area (TPSA) is 67.6 Å². The van der Waals surface area contributed by atoms with Gasteiger partial charge in [-0.15, -0.1) is 0 Å². The average Bonchev–Trinajstić information content (AvgIpc) is 3.13. The van der Waals surface area contributed by atoms with Gasteiger partial charge in [0.1, 0.15) is 0 Å². The van der Waals surface area contributed by atoms with Crippen molar-refractivity contribution in [2.75, 3.05) is 7.05 Å². The highest BCUT2D eigenvalue weighted by molar-refractivity contribution is 7.91. The minimum Gasteiger partial charge on any atom is -0.439 e. The van der Waals surface area contributed by atoms with Gasteiger partial charge in [-0.2, -0.15) is 0 Å². The minimum absolute atomic E-state index is 0.0315. The molecule has 0 aliphatic rings. The van der Waals surface area contributed by atoms with Crippen molar-refractivity contribution in [2.45, 2.75) is 16.5 Å². The summed E-state index contributed by atoms with van der Waals surface area (Å²) in [5.41, 5.74) is 0.962. The second-order valence-corrected chi connectivity index (χ2v) is 8.04. The van der Waals surface area contributed by atoms with E-state index in [2.05, 4.69) is 0 Å². The maximum atomic E-state index is 12.6. The highest BCUT2D eigenvalue weighted by Gasteiger charge is 2.24. The zero-order valence-electron chi connectivity index (χ0n) is 13.9. The summed E-state index contributed by atoms with van der Waals surface area (Å²) < 4.78 is 30.5. The Labute approximate surface area is 156 Å². The SMILES string of the molecule is CN(Cc1ccccc1)C(=O)c1ccc(S(=O)(=O)c2ccc(Cl)cc2)o1. The van der Waals surface area contributed by atoms with Crippen molar-refractivity contribution in [1.82, 2.24) is 4.90 Å². The number of nitrogens with zero attached hydrogens (tertiary/aromatic N) is 1. The quantitative estimate of drug-likeness (QED) is 0.660. The van der Waals surface area contributed by atoms with Gasteiger partial charge in [0.05, 0.1) is 4.90 Å². The summed E-state index contributed by atoms with van der Waals surface area (Å²) >= 11 is 5.79. The Balaban J connectivity index is 1.80. The second-order valence-electron chi connectivity index (χ2n) is 5.72. The summed E-state index contributed by atoms with van der Waals surface area (Å²) in [6, 6.07) is 17.9. The third-order valence-corrected chi connectivity index (χ3v) is 5.68. The van der Waals surface area contributed by atoms with Crippen LogP contribution in [0.2, 0.25) is 5.02 Å². The van der Waals surface area contributed by atoms with Crippen LogP contribution in [0.15, 0.2) is 81.1 Å². The van der Waals surface area contributed by atoms with Crippen LogP contribution in [0.1, 0.15) is 16.1 Å². The van der Waals surface area contributed by atoms with Gasteiger partial charge >= 0.3 is 0 Å². The standard InChI is InChI=1S/C19H16ClNO4S/c1-21(13-14-5-3-2-4-6-14)19(22)17-11-12-18(25-17)26(23,24)16-9-7-15(20)8-10-16/h2-12H,13H2,1H3. The van der Waals surface area contributed by atoms with Gasteiger partial charge in [0.25, 0.3) is 5.91 Å². The van der Waals surface area contributed by atoms with Gasteiger partial charge in [-0.05, 0) is 42.0 Å². The third kappa shape index (κ3) is 3.81. The number of furan rings is 1. The first-order valence-electron chi connectivity index (χ1n) is 7.78. The number of benzene rings is 2. The van der Waals surface area contributed by atoms with Gasteiger partial charge in [0.2, 0.25) is 14.9 Å². The molecule has 1 amide bonds. The highest BCUT2D eigenvalue weighted by Crippen LogP contribution is 2.24. The van der Waals surface area contributed by atoms with Crippen LogP contribution in [0.3, 0.4) is 0 Å². The van der Waals surface area contributed by atoms with Gasteiger partial charge in [-0.25, -0.2) is 8.42 Å². The molecular formula is C19H16ClNO4S. The van der Waals surface area contributed by atoms with E-state index in [1.165, 1.54) is 41.3 Å². The van der Waals surface area contributed by atoms with Gasteiger partial charge in [0, 0.05) is 18.6 Å². The van der Waals surface area contributed by atoms with Gasteiger partial charge in [-0.1, -0.05) is 41.9 Å². The molecule has 3 rings (SSSR count). The Bertz CT molecular complexity index is 1010. The molecule has 3 aromatic rings. The monoisotopic (exact) mass is 389 g/mol. The number of carbonyl (C=O) groups excluding carboxylic acids is 1. The Morgan fingerprint density at radius 3 is 2.31 bits per heavy atom. The van der Waals surface area contributed by atoms with Crippen LogP contribution in [0.5, 0.6) is 0 Å². The maximum absolute atomic E-state index is 12.6. The first-order valence-corrected chi connectivity index (χ1v) is 9.64. The van der Waals surface area contributed by atoms with Crippen LogP contribution >= 0.6 is 11.6 Å². The molecule has 0 aliphatic carbocycles. The maximum Gasteiger partial charge on any atom is 0.289 e. The molecular weight excluding hydrogens is 374 g/mol. The first kappa shape index (κ1) is 18.2. The number of carbonyl (C=O) groups is 1. The predicted octanol–water partition coefficient (Wildman–Crippen LogP) is 4.04. The zero-order chi connectivity index (χ0) is 18.7. The van der Waals surface area contributed by atoms with Crippen molar-refractivity contribution < 1.29 is 17.6 Å². The fraction of sp³-hybridized carbons (Fsp3) is 0.105. The molecule has 0 spiro atoms. The van der Waals surface area contributed by atoms with Crippen molar-refractivity contribution in [3.63, 3.8) is 0 Å². The normalized spacial score (nSPS) is 11.3. The third-order valence-electron chi connectivity index (χ3n) is 3.79. The molecule has 0 bridgehead atoms. The van der Waals surface area contributed by atoms with E-state index < -0.39 is 15.7 Å². The lowest BCUT2D eigenvalue weighted by Crippen LogP contribution is -2.25. The van der Waals surface area contributed by atoms with Crippen molar-refractivity contribution in [3.8, 4) is 0 Å². The lowest BCUT2D eigenvalue weighted by molar-refractivity contribution is 0.0747. The van der Waals surface area contributed by atoms with Crippen molar-refractivity contribution >= 4 is 27.3 Å². The molecule has 1 heterocycles. The average molecular weight is 390 g/mol. The second kappa shape index (κ2) is 7.35. The molecule has 0 N–H and O–H groups in total. The predicted molar refractivity (Wildman–Crippen MR) is 97.9 cm³/mol. The van der Waals surface area contributed by atoms with E-state index in [1.54, 1.807) is 7.05 Å². The van der Waals surface area contributed by atoms with Gasteiger partial charge in [-0.3, -0.25) is 4.79 Å². The smallest absolute Gasteiger partial charge is 0.289 e. The van der Waals surface area contributed by atoms with E-state index in [9.17, 15) is 13.2 Å². The fourth-order valence-corrected chi connectivity index (χ4v) is 3.73. The molecule has 7 heteroatoms. The van der Waals surface area contributed by atoms with E-state index >= 15 is 0 Å². The summed E-state index contributed by atoms with van der Waals surface area (Å²) in [7, 11) is -2.22. The molecule has 1 aromatic heterocycles. The number of hydrogen-bond donors (Lipinski definition) is 0. The van der Waals surface area contributed by atoms with Crippen LogP contribution in [0, 0.1) is 0 Å². The molecule has 0 radical (unpaired) electrons. The molecule has 0 saturated carbocycles. The minimum atomic E-state index is -3.85. The Kier molecular flexibility index (Phi) is 5.15. The van der Waals surface area contributed by atoms with Crippen LogP contribution in [-0.4, -0.2) is 26.3 Å². The zero-order valence-corrected chi connectivity index (χ0v) is 15.5. The Morgan fingerprint density at radius 1 is 1.00 bits per heavy atom. The first-order chi connectivity index (χ1) is 12.4. The van der Waals surface area contributed by atoms with Crippen LogP contribution in [0.25, 0.3) is 0 Å². The van der Waals surface area contributed by atoms with Crippen LogP contribution in [0.4, 0.5) is 0 Å². The van der Waals surface area contributed by atoms with Gasteiger partial charge < -0.3 is 9.32 Å². The Hall–Kier alpha value is -2.57. The van der Waals surface area contributed by atoms with Crippen molar-refractivity contribution in [1.29, 1.82) is 0 Å². The Morgan fingerprint density at radius 2 is 1.65 bits per heavy atom. The summed E-state index contributed by atoms with van der Waals surface area (Å²) in [6.45, 7) is 0.389. The molecule has 2 aromatic carbocycles. The lowest BCUT2D eigenvalue weighted by Gasteiger charge is -2.15. The van der Waals surface area contributed by atoms with E-state index in [4.69, 9.17) is 16.0 Å². The van der Waals surface area contributed by atoms with E-state index in [0.717, 1.165) is 5.56 Å². The number of rotatable bonds is 5. The molecule has 26 heavy (non-hydrogen) atoms. The molecule has 134 valence electrons. The van der Waals surface area contributed by atoms with Gasteiger partial charge in [0.15, 0.2) is 5.76 Å². The van der Waals surface area contributed by atoms with Crippen molar-refractivity contribution in [2.24, 2.45) is 0 Å². The van der Waals surface area contributed by atoms with Crippen LogP contribution in [-0.2, 0) is 16.4 Å². The molecule has 0 aliphatic heterocycles. The fourth-order valence-electron chi connectivity index (χ4n) is 2.43. The lowest BCUT2D eigenvalue weighted by atomic mass is 10.2. The highest BCUT2D eigenvalue weighted by atomic mass is 35.5. The van der Waals surface area contributed by atoms with Crippen LogP contribution < -0.4 is 0 Å². The number of amides is 1.